The zero-order valence-corrected chi connectivity index (χ0v) is 16.8. The Bertz CT molecular complexity index is 961. The van der Waals surface area contributed by atoms with Crippen LogP contribution in [-0.4, -0.2) is 32.2 Å². The average Bonchev–Trinajstić information content (AvgIpc) is 2.75. The number of anilines is 3. The highest BCUT2D eigenvalue weighted by molar-refractivity contribution is 6.04. The van der Waals surface area contributed by atoms with Gasteiger partial charge >= 0.3 is 0 Å². The Morgan fingerprint density at radius 1 is 0.862 bits per heavy atom. The first-order chi connectivity index (χ1) is 14.0. The number of benzene rings is 2. The molecule has 0 atom stereocenters. The van der Waals surface area contributed by atoms with E-state index < -0.39 is 0 Å². The topological polar surface area (TPSA) is 81.7 Å². The van der Waals surface area contributed by atoms with Crippen LogP contribution >= 0.6 is 0 Å². The first-order valence-corrected chi connectivity index (χ1v) is 8.95. The molecular formula is C22H23N3O4. The number of carbonyl (C=O) groups is 1. The summed E-state index contributed by atoms with van der Waals surface area (Å²) >= 11 is 0. The van der Waals surface area contributed by atoms with Gasteiger partial charge in [-0.25, -0.2) is 4.98 Å². The molecule has 1 heterocycles. The van der Waals surface area contributed by atoms with Crippen molar-refractivity contribution in [2.45, 2.75) is 6.92 Å². The van der Waals surface area contributed by atoms with E-state index in [1.54, 1.807) is 45.6 Å². The van der Waals surface area contributed by atoms with Crippen molar-refractivity contribution < 1.29 is 19.0 Å². The van der Waals surface area contributed by atoms with Crippen LogP contribution in [-0.2, 0) is 0 Å². The summed E-state index contributed by atoms with van der Waals surface area (Å²) in [5.74, 6) is 1.93. The van der Waals surface area contributed by atoms with Crippen LogP contribution in [0, 0.1) is 6.92 Å². The number of nitrogens with zero attached hydrogens (tertiary/aromatic N) is 1. The van der Waals surface area contributed by atoms with Crippen LogP contribution in [0.15, 0.2) is 54.7 Å². The predicted molar refractivity (Wildman–Crippen MR) is 113 cm³/mol. The fraction of sp³-hybridized carbons (Fsp3) is 0.182. The first-order valence-electron chi connectivity index (χ1n) is 8.95. The molecule has 150 valence electrons. The number of amides is 1. The highest BCUT2D eigenvalue weighted by Crippen LogP contribution is 2.40. The zero-order valence-electron chi connectivity index (χ0n) is 16.8. The zero-order chi connectivity index (χ0) is 20.8. The van der Waals surface area contributed by atoms with Crippen LogP contribution in [0.4, 0.5) is 17.2 Å². The van der Waals surface area contributed by atoms with Crippen molar-refractivity contribution in [2.24, 2.45) is 0 Å². The summed E-state index contributed by atoms with van der Waals surface area (Å²) in [7, 11) is 4.66. The lowest BCUT2D eigenvalue weighted by Gasteiger charge is -2.15. The summed E-state index contributed by atoms with van der Waals surface area (Å²) in [4.78, 5) is 16.7. The molecule has 0 aliphatic carbocycles. The van der Waals surface area contributed by atoms with E-state index in [2.05, 4.69) is 15.6 Å². The van der Waals surface area contributed by atoms with Gasteiger partial charge in [0.05, 0.1) is 26.9 Å². The van der Waals surface area contributed by atoms with Crippen molar-refractivity contribution >= 4 is 23.1 Å². The van der Waals surface area contributed by atoms with Crippen molar-refractivity contribution in [1.29, 1.82) is 0 Å². The molecule has 0 fully saturated rings. The lowest BCUT2D eigenvalue weighted by molar-refractivity contribution is 0.102. The van der Waals surface area contributed by atoms with Gasteiger partial charge in [-0.05, 0) is 31.2 Å². The van der Waals surface area contributed by atoms with Gasteiger partial charge in [0.2, 0.25) is 5.75 Å². The summed E-state index contributed by atoms with van der Waals surface area (Å²) in [6.45, 7) is 2.00. The number of hydrogen-bond acceptors (Lipinski definition) is 6. The molecule has 2 N–H and O–H groups in total. The smallest absolute Gasteiger partial charge is 0.257 e. The van der Waals surface area contributed by atoms with Crippen LogP contribution in [0.3, 0.4) is 0 Å². The number of aromatic nitrogens is 1. The van der Waals surface area contributed by atoms with Gasteiger partial charge in [-0.3, -0.25) is 4.79 Å². The van der Waals surface area contributed by atoms with Crippen molar-refractivity contribution in [1.82, 2.24) is 4.98 Å². The SMILES string of the molecule is COc1cc(Nc2ccc(C(=O)Nc3ccc(C)cc3)cn2)cc(OC)c1OC. The molecule has 0 aliphatic heterocycles. The molecule has 0 aliphatic rings. The van der Waals surface area contributed by atoms with Gasteiger partial charge < -0.3 is 24.8 Å². The molecule has 2 aromatic carbocycles. The molecule has 3 rings (SSSR count). The van der Waals surface area contributed by atoms with E-state index in [0.29, 0.717) is 34.3 Å². The Hall–Kier alpha value is -3.74. The standard InChI is InChI=1S/C22H23N3O4/c1-14-5-8-16(9-6-14)25-22(26)15-7-10-20(23-13-15)24-17-11-18(27-2)21(29-4)19(12-17)28-3/h5-13H,1-4H3,(H,23,24)(H,25,26). The number of ether oxygens (including phenoxy) is 3. The van der Waals surface area contributed by atoms with Crippen LogP contribution in [0.5, 0.6) is 17.2 Å². The number of pyridine rings is 1. The van der Waals surface area contributed by atoms with Crippen LogP contribution in [0.2, 0.25) is 0 Å². The third-order valence-electron chi connectivity index (χ3n) is 4.27. The van der Waals surface area contributed by atoms with Crippen LogP contribution < -0.4 is 24.8 Å². The Kier molecular flexibility index (Phi) is 6.19. The molecular weight excluding hydrogens is 370 g/mol. The second-order valence-corrected chi connectivity index (χ2v) is 6.29. The largest absolute Gasteiger partial charge is 0.493 e. The van der Waals surface area contributed by atoms with Crippen molar-refractivity contribution in [3.63, 3.8) is 0 Å². The normalized spacial score (nSPS) is 10.2. The van der Waals surface area contributed by atoms with Crippen molar-refractivity contribution in [3.8, 4) is 17.2 Å². The molecule has 0 radical (unpaired) electrons. The van der Waals surface area contributed by atoms with Gasteiger partial charge in [-0.1, -0.05) is 17.7 Å². The molecule has 0 saturated carbocycles. The van der Waals surface area contributed by atoms with Crippen molar-refractivity contribution in [2.75, 3.05) is 32.0 Å². The maximum absolute atomic E-state index is 12.4. The lowest BCUT2D eigenvalue weighted by Crippen LogP contribution is -2.12. The average molecular weight is 393 g/mol. The molecule has 29 heavy (non-hydrogen) atoms. The maximum Gasteiger partial charge on any atom is 0.257 e. The van der Waals surface area contributed by atoms with E-state index in [-0.39, 0.29) is 5.91 Å². The summed E-state index contributed by atoms with van der Waals surface area (Å²) in [6.07, 6.45) is 1.52. The summed E-state index contributed by atoms with van der Waals surface area (Å²) in [6, 6.07) is 14.6. The number of rotatable bonds is 7. The highest BCUT2D eigenvalue weighted by atomic mass is 16.5. The molecule has 3 aromatic rings. The van der Waals surface area contributed by atoms with Crippen LogP contribution in [0.25, 0.3) is 0 Å². The number of hydrogen-bond donors (Lipinski definition) is 2. The Balaban J connectivity index is 1.73. The van der Waals surface area contributed by atoms with Gasteiger partial charge in [0.1, 0.15) is 5.82 Å². The van der Waals surface area contributed by atoms with E-state index in [4.69, 9.17) is 14.2 Å². The highest BCUT2D eigenvalue weighted by Gasteiger charge is 2.14. The van der Waals surface area contributed by atoms with E-state index in [0.717, 1.165) is 11.3 Å². The van der Waals surface area contributed by atoms with Gasteiger partial charge in [-0.15, -0.1) is 0 Å². The summed E-state index contributed by atoms with van der Waals surface area (Å²) in [5.41, 5.74) is 3.04. The number of methoxy groups -OCH3 is 3. The molecule has 7 nitrogen and oxygen atoms in total. The summed E-state index contributed by atoms with van der Waals surface area (Å²) in [5, 5.41) is 6.02. The molecule has 0 bridgehead atoms. The van der Waals surface area contributed by atoms with Gasteiger partial charge in [0.25, 0.3) is 5.91 Å². The van der Waals surface area contributed by atoms with E-state index in [1.807, 2.05) is 31.2 Å². The number of aryl methyl sites for hydroxylation is 1. The molecule has 0 unspecified atom stereocenters. The van der Waals surface area contributed by atoms with Gasteiger partial charge in [0, 0.05) is 29.7 Å². The first kappa shape index (κ1) is 20.0. The van der Waals surface area contributed by atoms with Gasteiger partial charge in [0.15, 0.2) is 11.5 Å². The second-order valence-electron chi connectivity index (χ2n) is 6.29. The second kappa shape index (κ2) is 8.97. The maximum atomic E-state index is 12.4. The van der Waals surface area contributed by atoms with E-state index >= 15 is 0 Å². The van der Waals surface area contributed by atoms with Crippen LogP contribution in [0.1, 0.15) is 15.9 Å². The Morgan fingerprint density at radius 3 is 2.03 bits per heavy atom. The summed E-state index contributed by atoms with van der Waals surface area (Å²) < 4.78 is 16.0. The number of carbonyl (C=O) groups excluding carboxylic acids is 1. The fourth-order valence-electron chi connectivity index (χ4n) is 2.74. The Morgan fingerprint density at radius 2 is 1.52 bits per heavy atom. The lowest BCUT2D eigenvalue weighted by atomic mass is 10.2. The molecule has 7 heteroatoms. The van der Waals surface area contributed by atoms with E-state index in [9.17, 15) is 4.79 Å². The van der Waals surface area contributed by atoms with Crippen molar-refractivity contribution in [3.05, 3.63) is 65.9 Å². The van der Waals surface area contributed by atoms with E-state index in [1.165, 1.54) is 6.20 Å². The Labute approximate surface area is 169 Å². The number of nitrogens with one attached hydrogen (secondary N) is 2. The monoisotopic (exact) mass is 393 g/mol. The minimum absolute atomic E-state index is 0.222. The molecule has 0 saturated heterocycles. The molecule has 1 amide bonds. The third kappa shape index (κ3) is 4.76. The third-order valence-corrected chi connectivity index (χ3v) is 4.27. The predicted octanol–water partition coefficient (Wildman–Crippen LogP) is 4.41. The van der Waals surface area contributed by atoms with Gasteiger partial charge in [-0.2, -0.15) is 0 Å². The quantitative estimate of drug-likeness (QED) is 0.619. The molecule has 1 aromatic heterocycles. The minimum Gasteiger partial charge on any atom is -0.493 e. The fourth-order valence-corrected chi connectivity index (χ4v) is 2.74. The molecule has 0 spiro atoms. The minimum atomic E-state index is -0.222.